The van der Waals surface area contributed by atoms with Gasteiger partial charge >= 0.3 is 0 Å². The summed E-state index contributed by atoms with van der Waals surface area (Å²) >= 11 is 5.87. The molecular formula is C14H21ClN2. The van der Waals surface area contributed by atoms with Crippen molar-refractivity contribution >= 4 is 11.6 Å². The van der Waals surface area contributed by atoms with Crippen LogP contribution < -0.4 is 5.73 Å². The van der Waals surface area contributed by atoms with Crippen LogP contribution in [0.15, 0.2) is 24.3 Å². The van der Waals surface area contributed by atoms with Crippen LogP contribution in [0, 0.1) is 0 Å². The summed E-state index contributed by atoms with van der Waals surface area (Å²) in [6.07, 6.45) is 3.68. The number of hydrogen-bond donors (Lipinski definition) is 1. The van der Waals surface area contributed by atoms with Gasteiger partial charge in [0, 0.05) is 23.7 Å². The standard InChI is InChI=1S/C14H21ClN2/c1-11-3-2-9-17(11)10-8-14(16)12-4-6-13(15)7-5-12/h4-7,11,14H,2-3,8-10,16H2,1H3. The van der Waals surface area contributed by atoms with E-state index in [0.29, 0.717) is 0 Å². The largest absolute Gasteiger partial charge is 0.324 e. The van der Waals surface area contributed by atoms with Crippen molar-refractivity contribution in [3.63, 3.8) is 0 Å². The van der Waals surface area contributed by atoms with Gasteiger partial charge in [-0.3, -0.25) is 0 Å². The Morgan fingerprint density at radius 1 is 1.41 bits per heavy atom. The van der Waals surface area contributed by atoms with E-state index in [1.54, 1.807) is 0 Å². The first-order chi connectivity index (χ1) is 8.16. The monoisotopic (exact) mass is 252 g/mol. The predicted molar refractivity (Wildman–Crippen MR) is 73.3 cm³/mol. The normalized spacial score (nSPS) is 22.9. The van der Waals surface area contributed by atoms with Gasteiger partial charge in [0.25, 0.3) is 0 Å². The van der Waals surface area contributed by atoms with Crippen molar-refractivity contribution in [2.75, 3.05) is 13.1 Å². The van der Waals surface area contributed by atoms with Gasteiger partial charge in [-0.05, 0) is 50.4 Å². The fourth-order valence-corrected chi connectivity index (χ4v) is 2.63. The van der Waals surface area contributed by atoms with Crippen LogP contribution in [0.25, 0.3) is 0 Å². The van der Waals surface area contributed by atoms with Gasteiger partial charge in [0.05, 0.1) is 0 Å². The summed E-state index contributed by atoms with van der Waals surface area (Å²) in [5.74, 6) is 0. The third-order valence-corrected chi connectivity index (χ3v) is 3.97. The lowest BCUT2D eigenvalue weighted by Crippen LogP contribution is -2.30. The zero-order valence-electron chi connectivity index (χ0n) is 10.4. The molecule has 3 heteroatoms. The summed E-state index contributed by atoms with van der Waals surface area (Å²) in [6.45, 7) is 4.64. The lowest BCUT2D eigenvalue weighted by atomic mass is 10.0. The molecule has 0 amide bonds. The van der Waals surface area contributed by atoms with Crippen molar-refractivity contribution in [3.8, 4) is 0 Å². The Kier molecular flexibility index (Phi) is 4.43. The van der Waals surface area contributed by atoms with E-state index in [-0.39, 0.29) is 6.04 Å². The average molecular weight is 253 g/mol. The molecule has 1 heterocycles. The molecule has 0 spiro atoms. The minimum Gasteiger partial charge on any atom is -0.324 e. The highest BCUT2D eigenvalue weighted by Crippen LogP contribution is 2.21. The summed E-state index contributed by atoms with van der Waals surface area (Å²) < 4.78 is 0. The lowest BCUT2D eigenvalue weighted by molar-refractivity contribution is 0.258. The van der Waals surface area contributed by atoms with Gasteiger partial charge in [-0.25, -0.2) is 0 Å². The second-order valence-electron chi connectivity index (χ2n) is 4.97. The molecule has 1 aliphatic heterocycles. The highest BCUT2D eigenvalue weighted by molar-refractivity contribution is 6.30. The van der Waals surface area contributed by atoms with Crippen LogP contribution in [0.2, 0.25) is 5.02 Å². The van der Waals surface area contributed by atoms with E-state index in [1.807, 2.05) is 24.3 Å². The number of nitrogens with two attached hydrogens (primary N) is 1. The van der Waals surface area contributed by atoms with Crippen LogP contribution in [0.5, 0.6) is 0 Å². The molecule has 0 saturated carbocycles. The third-order valence-electron chi connectivity index (χ3n) is 3.72. The van der Waals surface area contributed by atoms with Crippen molar-refractivity contribution < 1.29 is 0 Å². The number of halogens is 1. The lowest BCUT2D eigenvalue weighted by Gasteiger charge is -2.23. The maximum absolute atomic E-state index is 6.20. The van der Waals surface area contributed by atoms with Crippen molar-refractivity contribution in [2.45, 2.75) is 38.3 Å². The molecule has 17 heavy (non-hydrogen) atoms. The molecule has 1 fully saturated rings. The third kappa shape index (κ3) is 3.44. The van der Waals surface area contributed by atoms with Crippen LogP contribution in [-0.2, 0) is 0 Å². The smallest absolute Gasteiger partial charge is 0.0406 e. The summed E-state index contributed by atoms with van der Waals surface area (Å²) in [7, 11) is 0. The second-order valence-corrected chi connectivity index (χ2v) is 5.41. The Hall–Kier alpha value is -0.570. The number of likely N-dealkylation sites (tertiary alicyclic amines) is 1. The highest BCUT2D eigenvalue weighted by Gasteiger charge is 2.20. The SMILES string of the molecule is CC1CCCN1CCC(N)c1ccc(Cl)cc1. The molecule has 2 atom stereocenters. The maximum atomic E-state index is 6.20. The summed E-state index contributed by atoms with van der Waals surface area (Å²) in [5.41, 5.74) is 7.38. The van der Waals surface area contributed by atoms with E-state index in [9.17, 15) is 0 Å². The zero-order chi connectivity index (χ0) is 12.3. The first kappa shape index (κ1) is 12.9. The Morgan fingerprint density at radius 3 is 2.71 bits per heavy atom. The molecule has 0 aromatic heterocycles. The zero-order valence-corrected chi connectivity index (χ0v) is 11.2. The van der Waals surface area contributed by atoms with Crippen LogP contribution in [-0.4, -0.2) is 24.0 Å². The molecule has 2 rings (SSSR count). The molecule has 1 aromatic rings. The number of rotatable bonds is 4. The maximum Gasteiger partial charge on any atom is 0.0406 e. The number of hydrogen-bond acceptors (Lipinski definition) is 2. The topological polar surface area (TPSA) is 29.3 Å². The Balaban J connectivity index is 1.84. The molecule has 0 bridgehead atoms. The van der Waals surface area contributed by atoms with Crippen molar-refractivity contribution in [1.82, 2.24) is 4.90 Å². The van der Waals surface area contributed by atoms with Crippen LogP contribution in [0.1, 0.15) is 37.8 Å². The van der Waals surface area contributed by atoms with Crippen LogP contribution in [0.3, 0.4) is 0 Å². The number of benzene rings is 1. The molecule has 1 saturated heterocycles. The Bertz CT molecular complexity index is 350. The van der Waals surface area contributed by atoms with Gasteiger partial charge in [-0.1, -0.05) is 23.7 Å². The fourth-order valence-electron chi connectivity index (χ4n) is 2.51. The van der Waals surface area contributed by atoms with Crippen molar-refractivity contribution in [1.29, 1.82) is 0 Å². The van der Waals surface area contributed by atoms with E-state index < -0.39 is 0 Å². The summed E-state index contributed by atoms with van der Waals surface area (Å²) in [4.78, 5) is 2.54. The van der Waals surface area contributed by atoms with E-state index in [1.165, 1.54) is 24.9 Å². The molecule has 1 aromatic carbocycles. The fraction of sp³-hybridized carbons (Fsp3) is 0.571. The first-order valence-corrected chi connectivity index (χ1v) is 6.79. The molecule has 0 aliphatic carbocycles. The van der Waals surface area contributed by atoms with E-state index in [0.717, 1.165) is 24.0 Å². The molecule has 94 valence electrons. The molecular weight excluding hydrogens is 232 g/mol. The summed E-state index contributed by atoms with van der Waals surface area (Å²) in [5, 5.41) is 0.772. The molecule has 2 N–H and O–H groups in total. The first-order valence-electron chi connectivity index (χ1n) is 6.42. The van der Waals surface area contributed by atoms with Crippen LogP contribution >= 0.6 is 11.6 Å². The minimum absolute atomic E-state index is 0.125. The molecule has 0 radical (unpaired) electrons. The molecule has 2 nitrogen and oxygen atoms in total. The Morgan fingerprint density at radius 2 is 2.12 bits per heavy atom. The van der Waals surface area contributed by atoms with Gasteiger partial charge < -0.3 is 10.6 Å². The average Bonchev–Trinajstić information content (AvgIpc) is 2.73. The van der Waals surface area contributed by atoms with Crippen LogP contribution in [0.4, 0.5) is 0 Å². The van der Waals surface area contributed by atoms with Gasteiger partial charge in [-0.2, -0.15) is 0 Å². The van der Waals surface area contributed by atoms with Gasteiger partial charge in [-0.15, -0.1) is 0 Å². The van der Waals surface area contributed by atoms with E-state index in [2.05, 4.69) is 11.8 Å². The molecule has 2 unspecified atom stereocenters. The van der Waals surface area contributed by atoms with Crippen molar-refractivity contribution in [3.05, 3.63) is 34.9 Å². The quantitative estimate of drug-likeness (QED) is 0.892. The summed E-state index contributed by atoms with van der Waals surface area (Å²) in [6, 6.07) is 8.73. The predicted octanol–water partition coefficient (Wildman–Crippen LogP) is 3.21. The Labute approximate surface area is 109 Å². The van der Waals surface area contributed by atoms with Gasteiger partial charge in [0.15, 0.2) is 0 Å². The second kappa shape index (κ2) is 5.85. The van der Waals surface area contributed by atoms with Gasteiger partial charge in [0.2, 0.25) is 0 Å². The highest BCUT2D eigenvalue weighted by atomic mass is 35.5. The number of nitrogens with zero attached hydrogens (tertiary/aromatic N) is 1. The van der Waals surface area contributed by atoms with Gasteiger partial charge in [0.1, 0.15) is 0 Å². The minimum atomic E-state index is 0.125. The van der Waals surface area contributed by atoms with E-state index in [4.69, 9.17) is 17.3 Å². The van der Waals surface area contributed by atoms with Crippen molar-refractivity contribution in [2.24, 2.45) is 5.73 Å². The molecule has 1 aliphatic rings. The van der Waals surface area contributed by atoms with E-state index >= 15 is 0 Å².